The molecule has 0 bridgehead atoms. The fourth-order valence-electron chi connectivity index (χ4n) is 3.73. The maximum absolute atomic E-state index is 9.98. The van der Waals surface area contributed by atoms with Crippen molar-refractivity contribution in [3.8, 4) is 0 Å². The molecule has 3 rings (SSSR count). The van der Waals surface area contributed by atoms with Crippen LogP contribution in [0.1, 0.15) is 29.5 Å². The molecule has 0 amide bonds. The Hall–Kier alpha value is -0.970. The number of benzene rings is 1. The van der Waals surface area contributed by atoms with Gasteiger partial charge in [-0.25, -0.2) is 0 Å². The van der Waals surface area contributed by atoms with Crippen molar-refractivity contribution in [3.05, 3.63) is 34.9 Å². The summed E-state index contributed by atoms with van der Waals surface area (Å²) in [6.07, 6.45) is 2.09. The molecule has 1 aliphatic carbocycles. The van der Waals surface area contributed by atoms with Gasteiger partial charge in [0.05, 0.1) is 6.10 Å². The molecule has 3 N–H and O–H groups in total. The molecule has 1 aliphatic heterocycles. The van der Waals surface area contributed by atoms with Crippen LogP contribution >= 0.6 is 12.2 Å². The molecule has 0 aromatic heterocycles. The van der Waals surface area contributed by atoms with Crippen molar-refractivity contribution in [1.82, 2.24) is 4.90 Å². The number of rotatable bonds is 3. The fraction of sp³-hybridized carbons (Fsp3) is 0.562. The molecule has 1 aromatic rings. The van der Waals surface area contributed by atoms with Crippen LogP contribution in [0.4, 0.5) is 0 Å². The number of fused-ring (bicyclic) bond motifs is 1. The first-order chi connectivity index (χ1) is 9.54. The lowest BCUT2D eigenvalue weighted by molar-refractivity contribution is 0.123. The zero-order valence-electron chi connectivity index (χ0n) is 11.9. The van der Waals surface area contributed by atoms with Crippen molar-refractivity contribution >= 4 is 17.2 Å². The summed E-state index contributed by atoms with van der Waals surface area (Å²) >= 11 is 5.02. The van der Waals surface area contributed by atoms with Gasteiger partial charge in [-0.2, -0.15) is 0 Å². The Kier molecular flexibility index (Phi) is 3.80. The number of nitrogens with two attached hydrogens (primary N) is 1. The van der Waals surface area contributed by atoms with E-state index in [0.717, 1.165) is 31.6 Å². The predicted molar refractivity (Wildman–Crippen MR) is 84.6 cm³/mol. The van der Waals surface area contributed by atoms with Gasteiger partial charge < -0.3 is 10.8 Å². The topological polar surface area (TPSA) is 49.5 Å². The molecule has 0 radical (unpaired) electrons. The zero-order valence-corrected chi connectivity index (χ0v) is 12.7. The lowest BCUT2D eigenvalue weighted by Crippen LogP contribution is -2.24. The van der Waals surface area contributed by atoms with Crippen molar-refractivity contribution in [2.24, 2.45) is 17.6 Å². The predicted octanol–water partition coefficient (Wildman–Crippen LogP) is 1.83. The highest BCUT2D eigenvalue weighted by molar-refractivity contribution is 7.80. The Morgan fingerprint density at radius 3 is 2.85 bits per heavy atom. The van der Waals surface area contributed by atoms with Crippen molar-refractivity contribution in [2.75, 3.05) is 13.1 Å². The van der Waals surface area contributed by atoms with Crippen LogP contribution in [0, 0.1) is 18.8 Å². The van der Waals surface area contributed by atoms with E-state index in [-0.39, 0.29) is 6.10 Å². The van der Waals surface area contributed by atoms with Crippen LogP contribution in [-0.2, 0) is 6.54 Å². The summed E-state index contributed by atoms with van der Waals surface area (Å²) in [4.78, 5) is 2.93. The van der Waals surface area contributed by atoms with Crippen LogP contribution in [0.2, 0.25) is 0 Å². The number of hydrogen-bond donors (Lipinski definition) is 2. The van der Waals surface area contributed by atoms with Crippen molar-refractivity contribution in [1.29, 1.82) is 0 Å². The van der Waals surface area contributed by atoms with Crippen molar-refractivity contribution in [2.45, 2.75) is 32.4 Å². The molecule has 2 aliphatic rings. The third kappa shape index (κ3) is 2.60. The Morgan fingerprint density at radius 2 is 2.20 bits per heavy atom. The summed E-state index contributed by atoms with van der Waals surface area (Å²) in [5.41, 5.74) is 9.18. The molecule has 108 valence electrons. The highest BCUT2D eigenvalue weighted by Crippen LogP contribution is 2.38. The second-order valence-electron chi connectivity index (χ2n) is 6.27. The lowest BCUT2D eigenvalue weighted by Gasteiger charge is -2.19. The SMILES string of the molecule is Cc1cc(C(N)=S)ccc1CN1CC2CCC(O)C2C1. The van der Waals surface area contributed by atoms with E-state index in [1.807, 2.05) is 6.07 Å². The minimum atomic E-state index is -0.0805. The Balaban J connectivity index is 1.68. The Bertz CT molecular complexity index is 531. The van der Waals surface area contributed by atoms with Gasteiger partial charge in [0, 0.05) is 31.1 Å². The molecule has 0 spiro atoms. The van der Waals surface area contributed by atoms with Gasteiger partial charge in [-0.05, 0) is 42.9 Å². The molecular formula is C16H22N2OS. The van der Waals surface area contributed by atoms with Gasteiger partial charge in [-0.3, -0.25) is 4.90 Å². The van der Waals surface area contributed by atoms with Gasteiger partial charge in [0.15, 0.2) is 0 Å². The van der Waals surface area contributed by atoms with Crippen molar-refractivity contribution < 1.29 is 5.11 Å². The summed E-state index contributed by atoms with van der Waals surface area (Å²) in [6.45, 7) is 5.23. The van der Waals surface area contributed by atoms with Crippen LogP contribution in [0.15, 0.2) is 18.2 Å². The molecule has 3 atom stereocenters. The molecule has 2 fully saturated rings. The smallest absolute Gasteiger partial charge is 0.103 e. The summed E-state index contributed by atoms with van der Waals surface area (Å²) in [6, 6.07) is 6.22. The Morgan fingerprint density at radius 1 is 1.40 bits per heavy atom. The second kappa shape index (κ2) is 5.43. The molecule has 20 heavy (non-hydrogen) atoms. The van der Waals surface area contributed by atoms with Crippen LogP contribution in [0.5, 0.6) is 0 Å². The van der Waals surface area contributed by atoms with E-state index in [9.17, 15) is 5.11 Å². The summed E-state index contributed by atoms with van der Waals surface area (Å²) in [5.74, 6) is 1.19. The average molecular weight is 290 g/mol. The minimum absolute atomic E-state index is 0.0805. The van der Waals surface area contributed by atoms with Gasteiger partial charge in [0.2, 0.25) is 0 Å². The van der Waals surface area contributed by atoms with Crippen LogP contribution in [0.3, 0.4) is 0 Å². The molecule has 3 unspecified atom stereocenters. The number of aryl methyl sites for hydroxylation is 1. The molecule has 1 heterocycles. The van der Waals surface area contributed by atoms with E-state index in [1.165, 1.54) is 17.5 Å². The average Bonchev–Trinajstić information content (AvgIpc) is 2.94. The number of nitrogens with zero attached hydrogens (tertiary/aromatic N) is 1. The van der Waals surface area contributed by atoms with Gasteiger partial charge >= 0.3 is 0 Å². The third-order valence-electron chi connectivity index (χ3n) is 4.92. The maximum atomic E-state index is 9.98. The van der Waals surface area contributed by atoms with Crippen LogP contribution in [0.25, 0.3) is 0 Å². The zero-order chi connectivity index (χ0) is 14.3. The molecule has 4 heteroatoms. The van der Waals surface area contributed by atoms with E-state index in [2.05, 4.69) is 24.0 Å². The van der Waals surface area contributed by atoms with E-state index in [4.69, 9.17) is 18.0 Å². The van der Waals surface area contributed by atoms with E-state index < -0.39 is 0 Å². The highest BCUT2D eigenvalue weighted by Gasteiger charge is 2.41. The van der Waals surface area contributed by atoms with Gasteiger partial charge in [-0.1, -0.05) is 24.4 Å². The maximum Gasteiger partial charge on any atom is 0.103 e. The first-order valence-electron chi connectivity index (χ1n) is 7.34. The van der Waals surface area contributed by atoms with Crippen LogP contribution < -0.4 is 5.73 Å². The van der Waals surface area contributed by atoms with E-state index in [0.29, 0.717) is 16.8 Å². The number of aliphatic hydroxyl groups excluding tert-OH is 1. The normalized spacial score (nSPS) is 29.6. The van der Waals surface area contributed by atoms with Gasteiger partial charge in [-0.15, -0.1) is 0 Å². The standard InChI is InChI=1S/C16H22N2OS/c1-10-6-11(16(17)20)2-3-12(10)7-18-8-13-4-5-15(19)14(13)9-18/h2-3,6,13-15,19H,4-5,7-9H2,1H3,(H2,17,20). The summed E-state index contributed by atoms with van der Waals surface area (Å²) < 4.78 is 0. The molecule has 1 aromatic carbocycles. The van der Waals surface area contributed by atoms with Crippen molar-refractivity contribution in [3.63, 3.8) is 0 Å². The Labute approximate surface area is 125 Å². The lowest BCUT2D eigenvalue weighted by atomic mass is 10.00. The molecule has 3 nitrogen and oxygen atoms in total. The minimum Gasteiger partial charge on any atom is -0.393 e. The number of likely N-dealkylation sites (tertiary alicyclic amines) is 1. The number of hydrogen-bond acceptors (Lipinski definition) is 3. The first-order valence-corrected chi connectivity index (χ1v) is 7.75. The monoisotopic (exact) mass is 290 g/mol. The highest BCUT2D eigenvalue weighted by atomic mass is 32.1. The van der Waals surface area contributed by atoms with Gasteiger partial charge in [0.25, 0.3) is 0 Å². The van der Waals surface area contributed by atoms with Gasteiger partial charge in [0.1, 0.15) is 4.99 Å². The van der Waals surface area contributed by atoms with Crippen LogP contribution in [-0.4, -0.2) is 34.2 Å². The second-order valence-corrected chi connectivity index (χ2v) is 6.71. The van der Waals surface area contributed by atoms with E-state index >= 15 is 0 Å². The first kappa shape index (κ1) is 14.0. The third-order valence-corrected chi connectivity index (χ3v) is 5.15. The number of thiocarbonyl (C=S) groups is 1. The fourth-order valence-corrected chi connectivity index (χ4v) is 3.85. The quantitative estimate of drug-likeness (QED) is 0.834. The molecule has 1 saturated carbocycles. The molecule has 1 saturated heterocycles. The summed E-state index contributed by atoms with van der Waals surface area (Å²) in [7, 11) is 0. The molecular weight excluding hydrogens is 268 g/mol. The largest absolute Gasteiger partial charge is 0.393 e. The van der Waals surface area contributed by atoms with E-state index in [1.54, 1.807) is 0 Å². The summed E-state index contributed by atoms with van der Waals surface area (Å²) in [5, 5.41) is 9.98. The number of aliphatic hydroxyl groups is 1.